The van der Waals surface area contributed by atoms with Crippen molar-refractivity contribution in [1.29, 1.82) is 0 Å². The summed E-state index contributed by atoms with van der Waals surface area (Å²) in [4.78, 5) is 40.9. The third-order valence-electron chi connectivity index (χ3n) is 6.93. The predicted octanol–water partition coefficient (Wildman–Crippen LogP) is 1.01. The van der Waals surface area contributed by atoms with Crippen molar-refractivity contribution in [2.75, 3.05) is 13.1 Å². The average molecular weight is 396 g/mol. The highest BCUT2D eigenvalue weighted by Crippen LogP contribution is 2.38. The van der Waals surface area contributed by atoms with Crippen LogP contribution in [-0.4, -0.2) is 52.7 Å². The van der Waals surface area contributed by atoms with Gasteiger partial charge in [0.05, 0.1) is 0 Å². The number of benzene rings is 1. The van der Waals surface area contributed by atoms with E-state index in [1.54, 1.807) is 4.90 Å². The van der Waals surface area contributed by atoms with E-state index in [0.29, 0.717) is 25.4 Å². The number of nitrogens with one attached hydrogen (secondary N) is 1. The molecule has 1 unspecified atom stereocenters. The van der Waals surface area contributed by atoms with Gasteiger partial charge in [-0.1, -0.05) is 31.0 Å². The normalized spacial score (nSPS) is 30.0. The maximum atomic E-state index is 13.2. The van der Waals surface area contributed by atoms with Crippen LogP contribution in [-0.2, 0) is 22.7 Å². The third-order valence-corrected chi connectivity index (χ3v) is 6.93. The van der Waals surface area contributed by atoms with Gasteiger partial charge in [0.2, 0.25) is 11.8 Å². The molecular formula is C22H28N4O3. The summed E-state index contributed by atoms with van der Waals surface area (Å²) >= 11 is 0. The van der Waals surface area contributed by atoms with Gasteiger partial charge in [0.1, 0.15) is 6.04 Å². The molecule has 29 heavy (non-hydrogen) atoms. The van der Waals surface area contributed by atoms with Crippen molar-refractivity contribution in [3.63, 3.8) is 0 Å². The van der Waals surface area contributed by atoms with Crippen LogP contribution in [0, 0.1) is 11.8 Å². The maximum Gasteiger partial charge on any atom is 0.255 e. The van der Waals surface area contributed by atoms with Crippen molar-refractivity contribution >= 4 is 17.7 Å². The summed E-state index contributed by atoms with van der Waals surface area (Å²) in [7, 11) is 0. The van der Waals surface area contributed by atoms with E-state index in [2.05, 4.69) is 10.2 Å². The van der Waals surface area contributed by atoms with Crippen LogP contribution in [0.15, 0.2) is 18.2 Å². The van der Waals surface area contributed by atoms with E-state index in [1.807, 2.05) is 18.2 Å². The first-order valence-electron chi connectivity index (χ1n) is 10.7. The number of nitrogens with two attached hydrogens (primary N) is 1. The number of rotatable bonds is 5. The minimum absolute atomic E-state index is 0.0943. The molecule has 3 heterocycles. The average Bonchev–Trinajstić information content (AvgIpc) is 3.34. The second kappa shape index (κ2) is 7.22. The summed E-state index contributed by atoms with van der Waals surface area (Å²) in [6.45, 7) is 3.00. The molecule has 4 aliphatic rings. The van der Waals surface area contributed by atoms with E-state index in [1.165, 1.54) is 19.3 Å². The summed E-state index contributed by atoms with van der Waals surface area (Å²) < 4.78 is 0. The summed E-state index contributed by atoms with van der Waals surface area (Å²) in [5, 5.41) is 2.36. The molecule has 0 aromatic heterocycles. The Labute approximate surface area is 170 Å². The molecule has 3 fully saturated rings. The Morgan fingerprint density at radius 3 is 2.69 bits per heavy atom. The van der Waals surface area contributed by atoms with Crippen LogP contribution >= 0.6 is 0 Å². The van der Waals surface area contributed by atoms with Crippen LogP contribution in [0.5, 0.6) is 0 Å². The molecule has 3 amide bonds. The van der Waals surface area contributed by atoms with E-state index in [-0.39, 0.29) is 30.2 Å². The lowest BCUT2D eigenvalue weighted by atomic mass is 9.98. The zero-order chi connectivity index (χ0) is 20.1. The van der Waals surface area contributed by atoms with Gasteiger partial charge >= 0.3 is 0 Å². The van der Waals surface area contributed by atoms with Gasteiger partial charge in [-0.25, -0.2) is 0 Å². The number of hydrogen-bond acceptors (Lipinski definition) is 5. The van der Waals surface area contributed by atoms with Crippen molar-refractivity contribution in [2.45, 2.75) is 57.3 Å². The third kappa shape index (κ3) is 3.57. The van der Waals surface area contributed by atoms with Crippen LogP contribution in [0.25, 0.3) is 0 Å². The molecule has 1 aromatic rings. The predicted molar refractivity (Wildman–Crippen MR) is 107 cm³/mol. The van der Waals surface area contributed by atoms with Crippen LogP contribution in [0.4, 0.5) is 0 Å². The zero-order valence-electron chi connectivity index (χ0n) is 16.6. The topological polar surface area (TPSA) is 95.7 Å². The molecule has 5 rings (SSSR count). The number of fused-ring (bicyclic) bond motifs is 1. The monoisotopic (exact) mass is 396 g/mol. The molecule has 7 nitrogen and oxygen atoms in total. The number of hydrogen-bond donors (Lipinski definition) is 2. The Morgan fingerprint density at radius 1 is 1.10 bits per heavy atom. The van der Waals surface area contributed by atoms with Crippen molar-refractivity contribution in [3.05, 3.63) is 34.9 Å². The Bertz CT molecular complexity index is 866. The molecule has 1 saturated carbocycles. The van der Waals surface area contributed by atoms with E-state index in [0.717, 1.165) is 35.7 Å². The van der Waals surface area contributed by atoms with E-state index in [4.69, 9.17) is 5.73 Å². The smallest absolute Gasteiger partial charge is 0.255 e. The Hall–Kier alpha value is -2.25. The lowest BCUT2D eigenvalue weighted by molar-refractivity contribution is -0.136. The van der Waals surface area contributed by atoms with Crippen LogP contribution in [0.2, 0.25) is 0 Å². The van der Waals surface area contributed by atoms with Gasteiger partial charge in [-0.2, -0.15) is 0 Å². The molecule has 3 atom stereocenters. The Morgan fingerprint density at radius 2 is 1.93 bits per heavy atom. The fourth-order valence-corrected chi connectivity index (χ4v) is 5.21. The lowest BCUT2D eigenvalue weighted by Gasteiger charge is -2.29. The number of imide groups is 1. The number of carbonyl (C=O) groups is 3. The van der Waals surface area contributed by atoms with Gasteiger partial charge in [-0.15, -0.1) is 0 Å². The first kappa shape index (κ1) is 18.8. The molecule has 1 aliphatic carbocycles. The molecular weight excluding hydrogens is 368 g/mol. The maximum absolute atomic E-state index is 13.2. The van der Waals surface area contributed by atoms with Crippen molar-refractivity contribution in [2.24, 2.45) is 17.6 Å². The van der Waals surface area contributed by atoms with Gasteiger partial charge < -0.3 is 10.6 Å². The molecule has 3 N–H and O–H groups in total. The quantitative estimate of drug-likeness (QED) is 0.724. The molecule has 1 aromatic carbocycles. The second-order valence-corrected chi connectivity index (χ2v) is 9.15. The lowest BCUT2D eigenvalue weighted by Crippen LogP contribution is -2.52. The van der Waals surface area contributed by atoms with Crippen molar-refractivity contribution in [1.82, 2.24) is 15.1 Å². The highest BCUT2D eigenvalue weighted by Gasteiger charge is 2.41. The SMILES string of the molecule is N[C@@H]1CN(Cc2cccc3c2C(=O)N(C2CCC(=O)NC2=O)C3)C[C@H]1CC1CC1. The fourth-order valence-electron chi connectivity index (χ4n) is 5.21. The van der Waals surface area contributed by atoms with E-state index < -0.39 is 6.04 Å². The van der Waals surface area contributed by atoms with Crippen molar-refractivity contribution in [3.8, 4) is 0 Å². The summed E-state index contributed by atoms with van der Waals surface area (Å²) in [5.41, 5.74) is 9.11. The number of nitrogens with zero attached hydrogens (tertiary/aromatic N) is 2. The molecule has 0 bridgehead atoms. The van der Waals surface area contributed by atoms with Gasteiger partial charge in [0.15, 0.2) is 0 Å². The highest BCUT2D eigenvalue weighted by molar-refractivity contribution is 6.05. The van der Waals surface area contributed by atoms with Gasteiger partial charge in [-0.05, 0) is 35.8 Å². The minimum atomic E-state index is -0.566. The molecule has 7 heteroatoms. The van der Waals surface area contributed by atoms with E-state index in [9.17, 15) is 14.4 Å². The number of amides is 3. The van der Waals surface area contributed by atoms with Gasteiger partial charge in [0, 0.05) is 44.2 Å². The standard InChI is InChI=1S/C22H28N4O3/c23-17-12-25(10-16(17)8-13-4-5-13)9-14-2-1-3-15-11-26(22(29)20(14)15)18-6-7-19(27)24-21(18)28/h1-3,13,16-18H,4-12,23H2,(H,24,27,28)/t16-,17-,18?/m1/s1. The van der Waals surface area contributed by atoms with Gasteiger partial charge in [-0.3, -0.25) is 24.6 Å². The zero-order valence-corrected chi connectivity index (χ0v) is 16.6. The largest absolute Gasteiger partial charge is 0.326 e. The van der Waals surface area contributed by atoms with Crippen molar-refractivity contribution < 1.29 is 14.4 Å². The molecule has 3 aliphatic heterocycles. The molecule has 0 radical (unpaired) electrons. The highest BCUT2D eigenvalue weighted by atomic mass is 16.2. The first-order chi connectivity index (χ1) is 14.0. The minimum Gasteiger partial charge on any atom is -0.326 e. The molecule has 0 spiro atoms. The van der Waals surface area contributed by atoms with Crippen LogP contribution in [0.3, 0.4) is 0 Å². The first-order valence-corrected chi connectivity index (χ1v) is 10.7. The van der Waals surface area contributed by atoms with E-state index >= 15 is 0 Å². The van der Waals surface area contributed by atoms with Gasteiger partial charge in [0.25, 0.3) is 5.91 Å². The number of carbonyl (C=O) groups excluding carboxylic acids is 3. The van der Waals surface area contributed by atoms with Crippen LogP contribution < -0.4 is 11.1 Å². The summed E-state index contributed by atoms with van der Waals surface area (Å²) in [6.07, 6.45) is 4.59. The Kier molecular flexibility index (Phi) is 4.67. The summed E-state index contributed by atoms with van der Waals surface area (Å²) in [6, 6.07) is 5.62. The number of piperidine rings is 1. The molecule has 2 saturated heterocycles. The summed E-state index contributed by atoms with van der Waals surface area (Å²) in [5.74, 6) is 0.702. The second-order valence-electron chi connectivity index (χ2n) is 9.15. The number of likely N-dealkylation sites (tertiary alicyclic amines) is 1. The fraction of sp³-hybridized carbons (Fsp3) is 0.591. The Balaban J connectivity index is 1.31. The van der Waals surface area contributed by atoms with Crippen LogP contribution in [0.1, 0.15) is 53.6 Å². The molecule has 154 valence electrons.